The Hall–Kier alpha value is -1.01. The van der Waals surface area contributed by atoms with E-state index < -0.39 is 24.1 Å². The van der Waals surface area contributed by atoms with Gasteiger partial charge in [0, 0.05) is 18.2 Å². The van der Waals surface area contributed by atoms with Gasteiger partial charge in [-0.05, 0) is 10.2 Å². The molecule has 1 saturated heterocycles. The molecule has 20 heavy (non-hydrogen) atoms. The van der Waals surface area contributed by atoms with Gasteiger partial charge in [0.25, 0.3) is 0 Å². The molecule has 0 aliphatic carbocycles. The first-order chi connectivity index (χ1) is 9.60. The smallest absolute Gasteiger partial charge is 0.351 e. The molecule has 0 aromatic carbocycles. The van der Waals surface area contributed by atoms with Gasteiger partial charge in [-0.15, -0.1) is 0 Å². The van der Waals surface area contributed by atoms with E-state index in [0.29, 0.717) is 5.56 Å². The average molecular weight is 395 g/mol. The molecule has 0 unspecified atom stereocenters. The van der Waals surface area contributed by atoms with Crippen LogP contribution in [0.1, 0.15) is 18.2 Å². The zero-order valence-corrected chi connectivity index (χ0v) is 12.5. The van der Waals surface area contributed by atoms with E-state index in [-0.39, 0.29) is 18.8 Å². The molecule has 4 N–H and O–H groups in total. The second-order valence-corrected chi connectivity index (χ2v) is 4.97. The van der Waals surface area contributed by atoms with Crippen LogP contribution < -0.4 is 11.2 Å². The zero-order valence-electron chi connectivity index (χ0n) is 10.3. The Bertz CT molecular complexity index is 561. The van der Waals surface area contributed by atoms with Gasteiger partial charge >= 0.3 is 5.69 Å². The van der Waals surface area contributed by atoms with Crippen LogP contribution in [0, 0.1) is 0 Å². The van der Waals surface area contributed by atoms with Crippen molar-refractivity contribution in [1.82, 2.24) is 9.55 Å². The van der Waals surface area contributed by atoms with Crippen LogP contribution in [0.4, 0.5) is 5.82 Å². The third kappa shape index (κ3) is 3.01. The highest BCUT2D eigenvalue weighted by Gasteiger charge is 2.35. The predicted octanol–water partition coefficient (Wildman–Crippen LogP) is 0.0908. The summed E-state index contributed by atoms with van der Waals surface area (Å²) in [6, 6.07) is 0. The minimum Gasteiger partial charge on any atom is -0.394 e. The number of hydrogen-bond donors (Lipinski definition) is 4. The highest BCUT2D eigenvalue weighted by molar-refractivity contribution is 14.1. The van der Waals surface area contributed by atoms with Crippen LogP contribution in [-0.2, 0) is 4.74 Å². The maximum atomic E-state index is 11.9. The Morgan fingerprint density at radius 1 is 1.65 bits per heavy atom. The van der Waals surface area contributed by atoms with Gasteiger partial charge in [0.1, 0.15) is 12.3 Å². The molecule has 110 valence electrons. The van der Waals surface area contributed by atoms with Crippen molar-refractivity contribution >= 4 is 34.5 Å². The predicted molar refractivity (Wildman–Crippen MR) is 78.6 cm³/mol. The highest BCUT2D eigenvalue weighted by atomic mass is 127. The van der Waals surface area contributed by atoms with Crippen LogP contribution in [0.15, 0.2) is 15.1 Å². The summed E-state index contributed by atoms with van der Waals surface area (Å²) in [5.74, 6) is 0.0384. The third-order valence-corrected chi connectivity index (χ3v) is 3.38. The Labute approximate surface area is 127 Å². The number of aromatic nitrogens is 2. The number of halogens is 1. The third-order valence-electron chi connectivity index (χ3n) is 3.02. The van der Waals surface area contributed by atoms with E-state index in [2.05, 4.69) is 4.98 Å². The minimum atomic E-state index is -0.837. The van der Waals surface area contributed by atoms with Gasteiger partial charge in [0.2, 0.25) is 0 Å². The fraction of sp³-hybridized carbons (Fsp3) is 0.455. The van der Waals surface area contributed by atoms with E-state index in [4.69, 9.17) is 15.1 Å². The van der Waals surface area contributed by atoms with Crippen LogP contribution in [0.25, 0.3) is 6.08 Å². The lowest BCUT2D eigenvalue weighted by molar-refractivity contribution is -0.0458. The first-order valence-electron chi connectivity index (χ1n) is 5.85. The fourth-order valence-corrected chi connectivity index (χ4v) is 2.41. The molecule has 1 aliphatic rings. The van der Waals surface area contributed by atoms with Crippen LogP contribution in [-0.4, -0.2) is 43.8 Å². The summed E-state index contributed by atoms with van der Waals surface area (Å²) in [4.78, 5) is 15.6. The van der Waals surface area contributed by atoms with E-state index in [0.717, 1.165) is 0 Å². The molecule has 1 fully saturated rings. The minimum absolute atomic E-state index is 0.0384. The molecule has 8 nitrogen and oxygen atoms in total. The molecule has 0 radical (unpaired) electrons. The van der Waals surface area contributed by atoms with Gasteiger partial charge in [-0.2, -0.15) is 4.98 Å². The van der Waals surface area contributed by atoms with Crippen LogP contribution >= 0.6 is 22.6 Å². The van der Waals surface area contributed by atoms with Crippen molar-refractivity contribution in [1.29, 1.82) is 0 Å². The Morgan fingerprint density at radius 2 is 2.40 bits per heavy atom. The number of hydrogen-bond acceptors (Lipinski definition) is 7. The molecule has 0 saturated carbocycles. The Balaban J connectivity index is 2.38. The highest BCUT2D eigenvalue weighted by Crippen LogP contribution is 2.28. The first kappa shape index (κ1) is 15.4. The maximum absolute atomic E-state index is 11.9. The summed E-state index contributed by atoms with van der Waals surface area (Å²) < 4.78 is 8.34. The SMILES string of the molecule is O=c1nc(NO)c(/C=C/I)cn1[C@H]1C[C@H](O)[C@@H](CO)O1. The van der Waals surface area contributed by atoms with Crippen molar-refractivity contribution in [2.45, 2.75) is 24.9 Å². The summed E-state index contributed by atoms with van der Waals surface area (Å²) in [6.07, 6.45) is 1.06. The average Bonchev–Trinajstić information content (AvgIpc) is 2.81. The van der Waals surface area contributed by atoms with Crippen LogP contribution in [0.2, 0.25) is 0 Å². The molecule has 0 bridgehead atoms. The Morgan fingerprint density at radius 3 is 2.95 bits per heavy atom. The standard InChI is InChI=1S/C11H14IN3O5/c12-2-1-6-4-15(11(18)13-10(6)14-19)9-3-7(17)8(5-16)20-9/h1-2,4,7-9,16-17,19H,3,5H2,(H,13,14,18)/b2-1+/t7-,8+,9+/m0/s1. The van der Waals surface area contributed by atoms with Crippen molar-refractivity contribution in [3.63, 3.8) is 0 Å². The van der Waals surface area contributed by atoms with Gasteiger partial charge in [0.15, 0.2) is 5.82 Å². The first-order valence-corrected chi connectivity index (χ1v) is 7.09. The van der Waals surface area contributed by atoms with Gasteiger partial charge < -0.3 is 14.9 Å². The molecule has 0 spiro atoms. The summed E-state index contributed by atoms with van der Waals surface area (Å²) in [7, 11) is 0. The molecule has 2 heterocycles. The molecule has 2 rings (SSSR count). The van der Waals surface area contributed by atoms with Gasteiger partial charge in [-0.3, -0.25) is 15.3 Å². The van der Waals surface area contributed by atoms with Crippen molar-refractivity contribution in [3.05, 3.63) is 26.3 Å². The van der Waals surface area contributed by atoms with Gasteiger partial charge in [-0.25, -0.2) is 4.79 Å². The number of nitrogens with zero attached hydrogens (tertiary/aromatic N) is 2. The molecule has 1 aliphatic heterocycles. The molecule has 9 heteroatoms. The van der Waals surface area contributed by atoms with Gasteiger partial charge in [-0.1, -0.05) is 22.6 Å². The number of nitrogens with one attached hydrogen (secondary N) is 1. The molecular formula is C11H14IN3O5. The van der Waals surface area contributed by atoms with Crippen molar-refractivity contribution in [2.24, 2.45) is 0 Å². The fourth-order valence-electron chi connectivity index (χ4n) is 2.02. The van der Waals surface area contributed by atoms with Crippen LogP contribution in [0.5, 0.6) is 0 Å². The maximum Gasteiger partial charge on any atom is 0.351 e. The van der Waals surface area contributed by atoms with E-state index in [1.165, 1.54) is 10.8 Å². The second-order valence-electron chi connectivity index (χ2n) is 4.25. The summed E-state index contributed by atoms with van der Waals surface area (Å²) >= 11 is 2.00. The van der Waals surface area contributed by atoms with E-state index in [1.54, 1.807) is 10.2 Å². The molecule has 3 atom stereocenters. The quantitative estimate of drug-likeness (QED) is 0.422. The van der Waals surface area contributed by atoms with E-state index >= 15 is 0 Å². The molecular weight excluding hydrogens is 381 g/mol. The summed E-state index contributed by atoms with van der Waals surface area (Å²) in [5.41, 5.74) is 1.73. The van der Waals surface area contributed by atoms with Gasteiger partial charge in [0.05, 0.1) is 12.7 Å². The molecule has 0 amide bonds. The largest absolute Gasteiger partial charge is 0.394 e. The van der Waals surface area contributed by atoms with Crippen molar-refractivity contribution in [2.75, 3.05) is 12.1 Å². The molecule has 1 aromatic heterocycles. The normalized spacial score (nSPS) is 26.3. The second kappa shape index (κ2) is 6.63. The number of ether oxygens (including phenoxy) is 1. The topological polar surface area (TPSA) is 117 Å². The van der Waals surface area contributed by atoms with E-state index in [9.17, 15) is 9.90 Å². The van der Waals surface area contributed by atoms with Crippen molar-refractivity contribution in [3.8, 4) is 0 Å². The Kier molecular flexibility index (Phi) is 5.10. The number of aliphatic hydroxyl groups is 2. The number of rotatable bonds is 4. The zero-order chi connectivity index (χ0) is 14.7. The lowest BCUT2D eigenvalue weighted by Gasteiger charge is -2.15. The lowest BCUT2D eigenvalue weighted by atomic mass is 10.2. The summed E-state index contributed by atoms with van der Waals surface area (Å²) in [5, 5.41) is 27.7. The van der Waals surface area contributed by atoms with E-state index in [1.807, 2.05) is 28.1 Å². The monoisotopic (exact) mass is 395 g/mol. The van der Waals surface area contributed by atoms with Crippen molar-refractivity contribution < 1.29 is 20.2 Å². The van der Waals surface area contributed by atoms with Crippen LogP contribution in [0.3, 0.4) is 0 Å². The number of anilines is 1. The summed E-state index contributed by atoms with van der Waals surface area (Å²) in [6.45, 7) is -0.323. The number of aliphatic hydroxyl groups excluding tert-OH is 2. The molecule has 1 aromatic rings. The lowest BCUT2D eigenvalue weighted by Crippen LogP contribution is -2.28.